The van der Waals surface area contributed by atoms with Crippen LogP contribution in [0.5, 0.6) is 17.2 Å². The Morgan fingerprint density at radius 1 is 0.968 bits per heavy atom. The number of aliphatic imine (C=N–C) groups is 1. The average molecular weight is 553 g/mol. The summed E-state index contributed by atoms with van der Waals surface area (Å²) in [5.41, 5.74) is 1.71. The predicted octanol–water partition coefficient (Wildman–Crippen LogP) is 4.52. The standard InChI is InChI=1S/C21H26F3N3O3.HI/c1-4-25-20(27-13-16-8-9-18(28-2)19(11-16)29-3)26-12-15-6-5-7-17(10-15)30-14-21(22,23)24;/h5-11H,4,12-14H2,1-3H3,(H2,25,26,27);1H. The highest BCUT2D eigenvalue weighted by Crippen LogP contribution is 2.27. The first-order valence-corrected chi connectivity index (χ1v) is 9.36. The molecule has 172 valence electrons. The Hall–Kier alpha value is -2.37. The van der Waals surface area contributed by atoms with Crippen LogP contribution < -0.4 is 24.8 Å². The molecule has 10 heteroatoms. The molecule has 0 aromatic heterocycles. The van der Waals surface area contributed by atoms with Gasteiger partial charge in [-0.1, -0.05) is 18.2 Å². The SMILES string of the molecule is CCNC(=NCc1cccc(OCC(F)(F)F)c1)NCc1ccc(OC)c(OC)c1.I. The van der Waals surface area contributed by atoms with Gasteiger partial charge in [0.2, 0.25) is 0 Å². The highest BCUT2D eigenvalue weighted by Gasteiger charge is 2.28. The van der Waals surface area contributed by atoms with E-state index in [9.17, 15) is 13.2 Å². The van der Waals surface area contributed by atoms with Gasteiger partial charge >= 0.3 is 6.18 Å². The molecule has 0 unspecified atom stereocenters. The maximum Gasteiger partial charge on any atom is 0.422 e. The molecule has 0 saturated carbocycles. The van der Waals surface area contributed by atoms with Crippen LogP contribution in [0.15, 0.2) is 47.5 Å². The number of nitrogens with zero attached hydrogens (tertiary/aromatic N) is 1. The summed E-state index contributed by atoms with van der Waals surface area (Å²) in [5.74, 6) is 2.01. The number of methoxy groups -OCH3 is 2. The summed E-state index contributed by atoms with van der Waals surface area (Å²) < 4.78 is 52.3. The summed E-state index contributed by atoms with van der Waals surface area (Å²) in [6.07, 6.45) is -4.37. The quantitative estimate of drug-likeness (QED) is 0.272. The van der Waals surface area contributed by atoms with Gasteiger partial charge in [0.1, 0.15) is 5.75 Å². The van der Waals surface area contributed by atoms with Gasteiger partial charge in [0.25, 0.3) is 0 Å². The molecule has 0 radical (unpaired) electrons. The zero-order valence-electron chi connectivity index (χ0n) is 17.6. The van der Waals surface area contributed by atoms with Crippen molar-refractivity contribution in [3.8, 4) is 17.2 Å². The number of benzene rings is 2. The molecule has 0 amide bonds. The second-order valence-corrected chi connectivity index (χ2v) is 6.29. The molecule has 0 aliphatic heterocycles. The summed E-state index contributed by atoms with van der Waals surface area (Å²) in [6, 6.07) is 12.1. The average Bonchev–Trinajstić information content (AvgIpc) is 2.73. The number of alkyl halides is 3. The number of guanidine groups is 1. The third-order valence-electron chi connectivity index (χ3n) is 3.97. The molecule has 6 nitrogen and oxygen atoms in total. The molecule has 2 aromatic carbocycles. The van der Waals surface area contributed by atoms with Crippen molar-refractivity contribution < 1.29 is 27.4 Å². The van der Waals surface area contributed by atoms with Crippen LogP contribution in [0.4, 0.5) is 13.2 Å². The Balaban J connectivity index is 0.00000480. The first-order valence-electron chi connectivity index (χ1n) is 9.36. The number of hydrogen-bond donors (Lipinski definition) is 2. The fourth-order valence-corrected chi connectivity index (χ4v) is 2.59. The van der Waals surface area contributed by atoms with Gasteiger partial charge in [-0.05, 0) is 42.3 Å². The van der Waals surface area contributed by atoms with Gasteiger partial charge in [-0.3, -0.25) is 0 Å². The lowest BCUT2D eigenvalue weighted by Gasteiger charge is -2.13. The number of rotatable bonds is 9. The summed E-state index contributed by atoms with van der Waals surface area (Å²) in [5, 5.41) is 6.36. The molecule has 31 heavy (non-hydrogen) atoms. The van der Waals surface area contributed by atoms with Crippen molar-refractivity contribution in [1.29, 1.82) is 0 Å². The molecule has 2 N–H and O–H groups in total. The lowest BCUT2D eigenvalue weighted by molar-refractivity contribution is -0.153. The normalized spacial score (nSPS) is 11.4. The molecule has 0 aliphatic carbocycles. The number of ether oxygens (including phenoxy) is 3. The van der Waals surface area contributed by atoms with Crippen LogP contribution >= 0.6 is 24.0 Å². The Morgan fingerprint density at radius 2 is 1.71 bits per heavy atom. The fourth-order valence-electron chi connectivity index (χ4n) is 2.59. The molecule has 0 aliphatic rings. The van der Waals surface area contributed by atoms with Gasteiger partial charge < -0.3 is 24.8 Å². The van der Waals surface area contributed by atoms with E-state index in [1.165, 1.54) is 6.07 Å². The minimum atomic E-state index is -4.37. The summed E-state index contributed by atoms with van der Waals surface area (Å²) in [6.45, 7) is 2.06. The third-order valence-corrected chi connectivity index (χ3v) is 3.97. The fraction of sp³-hybridized carbons (Fsp3) is 0.381. The van der Waals surface area contributed by atoms with E-state index in [1.807, 2.05) is 25.1 Å². The van der Waals surface area contributed by atoms with Crippen molar-refractivity contribution in [3.63, 3.8) is 0 Å². The highest BCUT2D eigenvalue weighted by atomic mass is 127. The van der Waals surface area contributed by atoms with Crippen molar-refractivity contribution in [2.45, 2.75) is 26.2 Å². The van der Waals surface area contributed by atoms with E-state index in [0.29, 0.717) is 30.5 Å². The highest BCUT2D eigenvalue weighted by molar-refractivity contribution is 14.0. The Bertz CT molecular complexity index is 848. The topological polar surface area (TPSA) is 64.1 Å². The number of halogens is 4. The van der Waals surface area contributed by atoms with Gasteiger partial charge in [0, 0.05) is 13.1 Å². The molecule has 0 heterocycles. The van der Waals surface area contributed by atoms with Crippen LogP contribution in [0.1, 0.15) is 18.1 Å². The maximum atomic E-state index is 12.3. The van der Waals surface area contributed by atoms with E-state index >= 15 is 0 Å². The summed E-state index contributed by atoms with van der Waals surface area (Å²) >= 11 is 0. The molecular weight excluding hydrogens is 526 g/mol. The van der Waals surface area contributed by atoms with E-state index in [1.54, 1.807) is 32.4 Å². The van der Waals surface area contributed by atoms with E-state index < -0.39 is 12.8 Å². The van der Waals surface area contributed by atoms with Gasteiger partial charge in [0.15, 0.2) is 24.1 Å². The largest absolute Gasteiger partial charge is 0.493 e. The van der Waals surface area contributed by atoms with Gasteiger partial charge in [0.05, 0.1) is 20.8 Å². The predicted molar refractivity (Wildman–Crippen MR) is 125 cm³/mol. The Labute approximate surface area is 197 Å². The van der Waals surface area contributed by atoms with Crippen LogP contribution in [0.2, 0.25) is 0 Å². The van der Waals surface area contributed by atoms with E-state index in [-0.39, 0.29) is 36.3 Å². The van der Waals surface area contributed by atoms with Crippen molar-refractivity contribution in [2.75, 3.05) is 27.4 Å². The lowest BCUT2D eigenvalue weighted by atomic mass is 10.2. The summed E-state index contributed by atoms with van der Waals surface area (Å²) in [7, 11) is 3.15. The van der Waals surface area contributed by atoms with Crippen molar-refractivity contribution in [3.05, 3.63) is 53.6 Å². The second kappa shape index (κ2) is 13.1. The van der Waals surface area contributed by atoms with Crippen LogP contribution in [0, 0.1) is 0 Å². The van der Waals surface area contributed by atoms with Gasteiger partial charge in [-0.2, -0.15) is 13.2 Å². The van der Waals surface area contributed by atoms with Crippen molar-refractivity contribution >= 4 is 29.9 Å². The molecule has 2 aromatic rings. The van der Waals surface area contributed by atoms with Crippen molar-refractivity contribution in [1.82, 2.24) is 10.6 Å². The first kappa shape index (κ1) is 26.7. The Kier molecular flexibility index (Phi) is 11.3. The minimum Gasteiger partial charge on any atom is -0.493 e. The molecule has 0 bridgehead atoms. The molecule has 0 fully saturated rings. The summed E-state index contributed by atoms with van der Waals surface area (Å²) in [4.78, 5) is 4.49. The number of hydrogen-bond acceptors (Lipinski definition) is 4. The molecule has 0 saturated heterocycles. The monoisotopic (exact) mass is 553 g/mol. The van der Waals surface area contributed by atoms with Crippen LogP contribution in [-0.2, 0) is 13.1 Å². The number of nitrogens with one attached hydrogen (secondary N) is 2. The van der Waals surface area contributed by atoms with Gasteiger partial charge in [-0.25, -0.2) is 4.99 Å². The smallest absolute Gasteiger partial charge is 0.422 e. The van der Waals surface area contributed by atoms with E-state index in [0.717, 1.165) is 11.1 Å². The first-order chi connectivity index (χ1) is 14.3. The lowest BCUT2D eigenvalue weighted by Crippen LogP contribution is -2.36. The van der Waals surface area contributed by atoms with Crippen LogP contribution in [0.3, 0.4) is 0 Å². The van der Waals surface area contributed by atoms with Crippen LogP contribution in [0.25, 0.3) is 0 Å². The minimum absolute atomic E-state index is 0. The maximum absolute atomic E-state index is 12.3. The molecule has 0 atom stereocenters. The van der Waals surface area contributed by atoms with E-state index in [2.05, 4.69) is 15.6 Å². The molecular formula is C21H27F3IN3O3. The zero-order chi connectivity index (χ0) is 22.0. The molecule has 0 spiro atoms. The third kappa shape index (κ3) is 9.53. The zero-order valence-corrected chi connectivity index (χ0v) is 19.9. The van der Waals surface area contributed by atoms with E-state index in [4.69, 9.17) is 14.2 Å². The molecule has 2 rings (SSSR count). The van der Waals surface area contributed by atoms with Crippen LogP contribution in [-0.4, -0.2) is 39.5 Å². The van der Waals surface area contributed by atoms with Crippen molar-refractivity contribution in [2.24, 2.45) is 4.99 Å². The second-order valence-electron chi connectivity index (χ2n) is 6.29. The van der Waals surface area contributed by atoms with Gasteiger partial charge in [-0.15, -0.1) is 24.0 Å². The Morgan fingerprint density at radius 3 is 2.35 bits per heavy atom.